The second-order valence-electron chi connectivity index (χ2n) is 3.55. The first kappa shape index (κ1) is 11.2. The number of carbonyl (C=O) groups excluding carboxylic acids is 2. The van der Waals surface area contributed by atoms with Gasteiger partial charge in [0, 0.05) is 13.1 Å². The number of hydrogen-bond donors (Lipinski definition) is 2. The molecule has 2 fully saturated rings. The number of rotatable bonds is 3. The Balaban J connectivity index is 1.84. The van der Waals surface area contributed by atoms with Crippen molar-refractivity contribution in [1.82, 2.24) is 20.4 Å². The third-order valence-electron chi connectivity index (χ3n) is 2.38. The predicted octanol–water partition coefficient (Wildman–Crippen LogP) is -1.58. The van der Waals surface area contributed by atoms with Crippen LogP contribution in [0.3, 0.4) is 0 Å². The monoisotopic (exact) mass is 258 g/mol. The van der Waals surface area contributed by atoms with E-state index in [2.05, 4.69) is 10.6 Å². The summed E-state index contributed by atoms with van der Waals surface area (Å²) in [6.45, 7) is 1.71. The van der Waals surface area contributed by atoms with Gasteiger partial charge in [-0.15, -0.1) is 0 Å². The summed E-state index contributed by atoms with van der Waals surface area (Å²) in [7, 11) is 0. The molecule has 0 saturated carbocycles. The lowest BCUT2D eigenvalue weighted by molar-refractivity contribution is -0.119. The van der Waals surface area contributed by atoms with Crippen LogP contribution in [0.5, 0.6) is 0 Å². The Kier molecular flexibility index (Phi) is 3.01. The van der Waals surface area contributed by atoms with E-state index in [1.54, 1.807) is 9.80 Å². The van der Waals surface area contributed by atoms with Crippen LogP contribution in [0.15, 0.2) is 0 Å². The van der Waals surface area contributed by atoms with Crippen molar-refractivity contribution in [1.29, 1.82) is 0 Å². The molecule has 2 N–H and O–H groups in total. The van der Waals surface area contributed by atoms with Crippen LogP contribution in [0.25, 0.3) is 0 Å². The Labute approximate surface area is 103 Å². The maximum atomic E-state index is 11.0. The molecule has 2 aliphatic rings. The van der Waals surface area contributed by atoms with Crippen LogP contribution in [0, 0.1) is 0 Å². The van der Waals surface area contributed by atoms with Crippen LogP contribution in [-0.4, -0.2) is 58.0 Å². The fourth-order valence-corrected chi connectivity index (χ4v) is 2.11. The second kappa shape index (κ2) is 4.30. The average Bonchev–Trinajstić information content (AvgIpc) is 2.66. The van der Waals surface area contributed by atoms with E-state index in [4.69, 9.17) is 24.4 Å². The molecular formula is C8H10N4O2S2. The molecule has 0 spiro atoms. The third kappa shape index (κ3) is 2.27. The molecule has 2 amide bonds. The first-order valence-corrected chi connectivity index (χ1v) is 5.55. The standard InChI is InChI=1S/C8H10N4O2S2/c13-5-3-11(7(15)9-5)1-2-12-4-6(14)10-8(12)16/h1-4H2,(H,9,13,15)(H,10,14,16). The maximum absolute atomic E-state index is 11.0. The van der Waals surface area contributed by atoms with E-state index >= 15 is 0 Å². The zero-order valence-electron chi connectivity index (χ0n) is 8.36. The van der Waals surface area contributed by atoms with Crippen LogP contribution < -0.4 is 10.6 Å². The molecule has 2 rings (SSSR count). The summed E-state index contributed by atoms with van der Waals surface area (Å²) in [5.74, 6) is -0.189. The summed E-state index contributed by atoms with van der Waals surface area (Å²) in [4.78, 5) is 25.6. The van der Waals surface area contributed by atoms with Gasteiger partial charge in [-0.05, 0) is 24.4 Å². The zero-order valence-corrected chi connectivity index (χ0v) is 9.99. The lowest BCUT2D eigenvalue weighted by atomic mass is 10.4. The number of nitrogens with zero attached hydrogens (tertiary/aromatic N) is 2. The quantitative estimate of drug-likeness (QED) is 0.596. The molecule has 86 valence electrons. The van der Waals surface area contributed by atoms with Gasteiger partial charge in [0.05, 0.1) is 13.1 Å². The molecule has 0 unspecified atom stereocenters. The van der Waals surface area contributed by atoms with Gasteiger partial charge in [0.1, 0.15) is 0 Å². The smallest absolute Gasteiger partial charge is 0.245 e. The van der Waals surface area contributed by atoms with Crippen molar-refractivity contribution in [3.05, 3.63) is 0 Å². The van der Waals surface area contributed by atoms with Gasteiger partial charge in [-0.25, -0.2) is 0 Å². The lowest BCUT2D eigenvalue weighted by Gasteiger charge is -2.20. The highest BCUT2D eigenvalue weighted by molar-refractivity contribution is 7.80. The summed E-state index contributed by atoms with van der Waals surface area (Å²) < 4.78 is 0. The minimum absolute atomic E-state index is 0.0943. The van der Waals surface area contributed by atoms with Crippen molar-refractivity contribution in [3.63, 3.8) is 0 Å². The van der Waals surface area contributed by atoms with E-state index in [-0.39, 0.29) is 24.9 Å². The van der Waals surface area contributed by atoms with Crippen molar-refractivity contribution >= 4 is 46.5 Å². The topological polar surface area (TPSA) is 64.7 Å². The molecule has 16 heavy (non-hydrogen) atoms. The molecule has 0 aromatic heterocycles. The highest BCUT2D eigenvalue weighted by atomic mass is 32.1. The Morgan fingerprint density at radius 1 is 0.938 bits per heavy atom. The first-order valence-electron chi connectivity index (χ1n) is 4.74. The van der Waals surface area contributed by atoms with Gasteiger partial charge in [0.15, 0.2) is 10.2 Å². The molecule has 2 aliphatic heterocycles. The van der Waals surface area contributed by atoms with Gasteiger partial charge in [-0.2, -0.15) is 0 Å². The number of nitrogens with one attached hydrogen (secondary N) is 2. The number of thiocarbonyl (C=S) groups is 2. The normalized spacial score (nSPS) is 20.5. The molecule has 0 radical (unpaired) electrons. The van der Waals surface area contributed by atoms with Crippen molar-refractivity contribution in [2.75, 3.05) is 26.2 Å². The van der Waals surface area contributed by atoms with Crippen molar-refractivity contribution in [2.45, 2.75) is 0 Å². The van der Waals surface area contributed by atoms with Crippen molar-refractivity contribution in [3.8, 4) is 0 Å². The lowest BCUT2D eigenvalue weighted by Crippen LogP contribution is -2.38. The predicted molar refractivity (Wildman–Crippen MR) is 64.6 cm³/mol. The molecular weight excluding hydrogens is 248 g/mol. The molecule has 0 aliphatic carbocycles. The fourth-order valence-electron chi connectivity index (χ4n) is 1.57. The number of amides is 2. The highest BCUT2D eigenvalue weighted by Gasteiger charge is 2.27. The van der Waals surface area contributed by atoms with Crippen molar-refractivity contribution < 1.29 is 9.59 Å². The molecule has 0 aromatic carbocycles. The Bertz CT molecular complexity index is 348. The largest absolute Gasteiger partial charge is 0.338 e. The van der Waals surface area contributed by atoms with E-state index in [9.17, 15) is 9.59 Å². The second-order valence-corrected chi connectivity index (χ2v) is 4.32. The van der Waals surface area contributed by atoms with Gasteiger partial charge in [-0.1, -0.05) is 0 Å². The zero-order chi connectivity index (χ0) is 11.7. The maximum Gasteiger partial charge on any atom is 0.245 e. The molecule has 8 heteroatoms. The molecule has 6 nitrogen and oxygen atoms in total. The third-order valence-corrected chi connectivity index (χ3v) is 3.10. The summed E-state index contributed by atoms with van der Waals surface area (Å²) >= 11 is 9.94. The van der Waals surface area contributed by atoms with E-state index in [0.29, 0.717) is 23.3 Å². The van der Waals surface area contributed by atoms with Gasteiger partial charge in [0.25, 0.3) is 0 Å². The first-order chi connectivity index (χ1) is 7.56. The SMILES string of the molecule is O=C1CN(CCN2CC(=O)NC2=S)C(=S)N1. The van der Waals surface area contributed by atoms with E-state index in [0.717, 1.165) is 0 Å². The van der Waals surface area contributed by atoms with Crippen LogP contribution in [-0.2, 0) is 9.59 Å². The highest BCUT2D eigenvalue weighted by Crippen LogP contribution is 2.02. The van der Waals surface area contributed by atoms with Crippen LogP contribution in [0.1, 0.15) is 0 Å². The molecule has 0 atom stereocenters. The molecule has 0 bridgehead atoms. The van der Waals surface area contributed by atoms with Gasteiger partial charge < -0.3 is 20.4 Å². The van der Waals surface area contributed by atoms with E-state index < -0.39 is 0 Å². The molecule has 2 saturated heterocycles. The average molecular weight is 258 g/mol. The van der Waals surface area contributed by atoms with Gasteiger partial charge >= 0.3 is 0 Å². The Hall–Kier alpha value is -1.28. The van der Waals surface area contributed by atoms with Crippen LogP contribution >= 0.6 is 24.4 Å². The number of hydrogen-bond acceptors (Lipinski definition) is 4. The minimum atomic E-state index is -0.0943. The van der Waals surface area contributed by atoms with Crippen LogP contribution in [0.2, 0.25) is 0 Å². The van der Waals surface area contributed by atoms with Crippen LogP contribution in [0.4, 0.5) is 0 Å². The Morgan fingerprint density at radius 2 is 1.31 bits per heavy atom. The fraction of sp³-hybridized carbons (Fsp3) is 0.500. The van der Waals surface area contributed by atoms with E-state index in [1.807, 2.05) is 0 Å². The Morgan fingerprint density at radius 3 is 1.56 bits per heavy atom. The molecule has 2 heterocycles. The minimum Gasteiger partial charge on any atom is -0.338 e. The summed E-state index contributed by atoms with van der Waals surface area (Å²) in [6, 6.07) is 0. The van der Waals surface area contributed by atoms with Gasteiger partial charge in [0.2, 0.25) is 11.8 Å². The van der Waals surface area contributed by atoms with Gasteiger partial charge in [-0.3, -0.25) is 9.59 Å². The summed E-state index contributed by atoms with van der Waals surface area (Å²) in [5.41, 5.74) is 0. The van der Waals surface area contributed by atoms with E-state index in [1.165, 1.54) is 0 Å². The van der Waals surface area contributed by atoms with Crippen molar-refractivity contribution in [2.24, 2.45) is 0 Å². The summed E-state index contributed by atoms with van der Waals surface area (Å²) in [6.07, 6.45) is 0. The molecule has 0 aromatic rings. The number of carbonyl (C=O) groups is 2. The summed E-state index contributed by atoms with van der Waals surface area (Å²) in [5, 5.41) is 5.97.